The lowest BCUT2D eigenvalue weighted by atomic mass is 9.97. The Morgan fingerprint density at radius 2 is 1.96 bits per heavy atom. The van der Waals surface area contributed by atoms with Crippen molar-refractivity contribution < 1.29 is 9.59 Å². The predicted molar refractivity (Wildman–Crippen MR) is 110 cm³/mol. The second-order valence-corrected chi connectivity index (χ2v) is 8.11. The van der Waals surface area contributed by atoms with Gasteiger partial charge in [-0.05, 0) is 72.9 Å². The highest BCUT2D eigenvalue weighted by atomic mass is 16.2. The van der Waals surface area contributed by atoms with Gasteiger partial charge in [-0.3, -0.25) is 14.5 Å². The number of allylic oxidation sites excluding steroid dienone is 2. The second kappa shape index (κ2) is 9.88. The molecule has 0 saturated heterocycles. The summed E-state index contributed by atoms with van der Waals surface area (Å²) in [7, 11) is 1.81. The third kappa shape index (κ3) is 6.35. The van der Waals surface area contributed by atoms with Crippen molar-refractivity contribution in [2.24, 2.45) is 0 Å². The number of nitrogens with zero attached hydrogens (tertiary/aromatic N) is 2. The van der Waals surface area contributed by atoms with E-state index in [0.717, 1.165) is 29.9 Å². The number of aromatic nitrogens is 1. The van der Waals surface area contributed by atoms with E-state index >= 15 is 0 Å². The number of nitrogens with one attached hydrogen (secondary N) is 1. The van der Waals surface area contributed by atoms with Crippen molar-refractivity contribution in [3.8, 4) is 0 Å². The number of rotatable bonds is 9. The van der Waals surface area contributed by atoms with Crippen LogP contribution in [-0.2, 0) is 11.3 Å². The molecular formula is C22H35N3O2. The van der Waals surface area contributed by atoms with Crippen molar-refractivity contribution in [3.63, 3.8) is 0 Å². The van der Waals surface area contributed by atoms with Gasteiger partial charge in [0, 0.05) is 29.5 Å². The van der Waals surface area contributed by atoms with Crippen LogP contribution < -0.4 is 5.32 Å². The summed E-state index contributed by atoms with van der Waals surface area (Å²) >= 11 is 0. The van der Waals surface area contributed by atoms with E-state index in [1.54, 1.807) is 10.5 Å². The molecule has 1 aromatic heterocycles. The van der Waals surface area contributed by atoms with Gasteiger partial charge in [-0.1, -0.05) is 11.6 Å². The van der Waals surface area contributed by atoms with Crippen LogP contribution in [-0.4, -0.2) is 47.3 Å². The molecule has 1 aliphatic carbocycles. The monoisotopic (exact) mass is 373 g/mol. The minimum absolute atomic E-state index is 0.0495. The average Bonchev–Trinajstić information content (AvgIpc) is 2.87. The highest BCUT2D eigenvalue weighted by Gasteiger charge is 2.18. The Hall–Kier alpha value is -1.88. The molecule has 5 nitrogen and oxygen atoms in total. The van der Waals surface area contributed by atoms with Gasteiger partial charge in [0.05, 0.1) is 13.1 Å². The van der Waals surface area contributed by atoms with Crippen LogP contribution in [0, 0.1) is 13.8 Å². The first-order valence-corrected chi connectivity index (χ1v) is 10.1. The van der Waals surface area contributed by atoms with Crippen molar-refractivity contribution in [2.75, 3.05) is 20.1 Å². The van der Waals surface area contributed by atoms with Crippen LogP contribution >= 0.6 is 0 Å². The second-order valence-electron chi connectivity index (χ2n) is 8.11. The van der Waals surface area contributed by atoms with Crippen molar-refractivity contribution >= 4 is 11.7 Å². The Balaban J connectivity index is 1.96. The van der Waals surface area contributed by atoms with E-state index < -0.39 is 0 Å². The summed E-state index contributed by atoms with van der Waals surface area (Å²) < 4.78 is 2.26. The highest BCUT2D eigenvalue weighted by Crippen LogP contribution is 2.23. The zero-order valence-corrected chi connectivity index (χ0v) is 17.6. The average molecular weight is 374 g/mol. The Morgan fingerprint density at radius 1 is 1.22 bits per heavy atom. The molecule has 0 saturated carbocycles. The van der Waals surface area contributed by atoms with Crippen molar-refractivity contribution in [1.82, 2.24) is 14.8 Å². The van der Waals surface area contributed by atoms with Crippen LogP contribution in [0.15, 0.2) is 17.7 Å². The SMILES string of the molecule is Cc1cc(C(=O)CN(C)CC(=O)NC(C)C)c(C)n1CCC1=CCCCC1. The zero-order valence-electron chi connectivity index (χ0n) is 17.6. The molecule has 0 unspecified atom stereocenters. The zero-order chi connectivity index (χ0) is 20.0. The van der Waals surface area contributed by atoms with E-state index in [1.165, 1.54) is 25.7 Å². The van der Waals surface area contributed by atoms with Gasteiger partial charge in [0.1, 0.15) is 0 Å². The molecule has 5 heteroatoms. The number of amides is 1. The van der Waals surface area contributed by atoms with Gasteiger partial charge in [0.25, 0.3) is 0 Å². The summed E-state index contributed by atoms with van der Waals surface area (Å²) in [5.41, 5.74) is 4.50. The standard InChI is InChI=1S/C22H35N3O2/c1-16(2)23-22(27)15-24(5)14-21(26)20-13-17(3)25(18(20)4)12-11-19-9-7-6-8-10-19/h9,13,16H,6-8,10-12,14-15H2,1-5H3,(H,23,27). The summed E-state index contributed by atoms with van der Waals surface area (Å²) in [6, 6.07) is 2.11. The van der Waals surface area contributed by atoms with Gasteiger partial charge in [-0.15, -0.1) is 0 Å². The maximum Gasteiger partial charge on any atom is 0.234 e. The van der Waals surface area contributed by atoms with Crippen LogP contribution in [0.1, 0.15) is 67.7 Å². The van der Waals surface area contributed by atoms with Crippen molar-refractivity contribution in [2.45, 2.75) is 72.4 Å². The van der Waals surface area contributed by atoms with E-state index in [1.807, 2.05) is 33.9 Å². The fourth-order valence-electron chi connectivity index (χ4n) is 3.81. The van der Waals surface area contributed by atoms with Crippen LogP contribution in [0.4, 0.5) is 0 Å². The number of aryl methyl sites for hydroxylation is 1. The quantitative estimate of drug-likeness (QED) is 0.531. The first-order chi connectivity index (χ1) is 12.8. The maximum absolute atomic E-state index is 12.8. The van der Waals surface area contributed by atoms with Gasteiger partial charge < -0.3 is 9.88 Å². The molecule has 1 heterocycles. The minimum Gasteiger partial charge on any atom is -0.353 e. The molecule has 0 aromatic carbocycles. The van der Waals surface area contributed by atoms with Crippen molar-refractivity contribution in [3.05, 3.63) is 34.7 Å². The third-order valence-corrected chi connectivity index (χ3v) is 5.19. The smallest absolute Gasteiger partial charge is 0.234 e. The molecule has 0 atom stereocenters. The maximum atomic E-state index is 12.8. The van der Waals surface area contributed by atoms with Crippen LogP contribution in [0.5, 0.6) is 0 Å². The number of hydrogen-bond acceptors (Lipinski definition) is 3. The van der Waals surface area contributed by atoms with Gasteiger partial charge in [-0.25, -0.2) is 0 Å². The molecule has 1 amide bonds. The summed E-state index contributed by atoms with van der Waals surface area (Å²) in [6.07, 6.45) is 8.50. The summed E-state index contributed by atoms with van der Waals surface area (Å²) in [5, 5.41) is 2.86. The van der Waals surface area contributed by atoms with E-state index in [2.05, 4.69) is 22.9 Å². The minimum atomic E-state index is -0.0495. The molecule has 1 aromatic rings. The lowest BCUT2D eigenvalue weighted by molar-refractivity contribution is -0.122. The Kier molecular flexibility index (Phi) is 7.84. The normalized spacial score (nSPS) is 14.6. The highest BCUT2D eigenvalue weighted by molar-refractivity contribution is 5.99. The van der Waals surface area contributed by atoms with Crippen molar-refractivity contribution in [1.29, 1.82) is 0 Å². The number of Topliss-reactive ketones (excluding diaryl/α,β-unsaturated/α-hetero) is 1. The molecule has 2 rings (SSSR count). The lowest BCUT2D eigenvalue weighted by Crippen LogP contribution is -2.40. The molecule has 1 aliphatic rings. The van der Waals surface area contributed by atoms with Crippen LogP contribution in [0.25, 0.3) is 0 Å². The number of likely N-dealkylation sites (N-methyl/N-ethyl adjacent to an activating group) is 1. The number of carbonyl (C=O) groups excluding carboxylic acids is 2. The molecular weight excluding hydrogens is 338 g/mol. The molecule has 0 radical (unpaired) electrons. The van der Waals surface area contributed by atoms with Crippen LogP contribution in [0.2, 0.25) is 0 Å². The Morgan fingerprint density at radius 3 is 2.59 bits per heavy atom. The summed E-state index contributed by atoms with van der Waals surface area (Å²) in [5.74, 6) is 0.0256. The number of carbonyl (C=O) groups is 2. The largest absolute Gasteiger partial charge is 0.353 e. The van der Waals surface area contributed by atoms with Crippen LogP contribution in [0.3, 0.4) is 0 Å². The van der Waals surface area contributed by atoms with Gasteiger partial charge in [-0.2, -0.15) is 0 Å². The molecule has 0 fully saturated rings. The molecule has 27 heavy (non-hydrogen) atoms. The summed E-state index contributed by atoms with van der Waals surface area (Å²) in [4.78, 5) is 26.4. The van der Waals surface area contributed by atoms with Gasteiger partial charge in [0.15, 0.2) is 5.78 Å². The van der Waals surface area contributed by atoms with E-state index in [9.17, 15) is 9.59 Å². The molecule has 1 N–H and O–H groups in total. The van der Waals surface area contributed by atoms with E-state index in [-0.39, 0.29) is 30.8 Å². The summed E-state index contributed by atoms with van der Waals surface area (Å²) in [6.45, 7) is 9.38. The Bertz CT molecular complexity index is 701. The third-order valence-electron chi connectivity index (χ3n) is 5.19. The number of hydrogen-bond donors (Lipinski definition) is 1. The molecule has 150 valence electrons. The fourth-order valence-corrected chi connectivity index (χ4v) is 3.81. The molecule has 0 bridgehead atoms. The predicted octanol–water partition coefficient (Wildman–Crippen LogP) is 3.63. The topological polar surface area (TPSA) is 54.3 Å². The molecule has 0 aliphatic heterocycles. The first kappa shape index (κ1) is 21.4. The fraction of sp³-hybridized carbons (Fsp3) is 0.636. The van der Waals surface area contributed by atoms with E-state index in [4.69, 9.17) is 0 Å². The lowest BCUT2D eigenvalue weighted by Gasteiger charge is -2.17. The first-order valence-electron chi connectivity index (χ1n) is 10.1. The number of ketones is 1. The Labute approximate surface area is 163 Å². The van der Waals surface area contributed by atoms with E-state index in [0.29, 0.717) is 0 Å². The molecule has 0 spiro atoms. The van der Waals surface area contributed by atoms with Gasteiger partial charge >= 0.3 is 0 Å². The van der Waals surface area contributed by atoms with Gasteiger partial charge in [0.2, 0.25) is 5.91 Å².